The van der Waals surface area contributed by atoms with E-state index in [-0.39, 0.29) is 24.6 Å². The minimum atomic E-state index is -1.11. The second-order valence-electron chi connectivity index (χ2n) is 4.16. The van der Waals surface area contributed by atoms with E-state index in [4.69, 9.17) is 28.3 Å². The van der Waals surface area contributed by atoms with Crippen LogP contribution < -0.4 is 5.32 Å². The molecule has 6 nitrogen and oxygen atoms in total. The van der Waals surface area contributed by atoms with Crippen LogP contribution in [0.15, 0.2) is 30.5 Å². The van der Waals surface area contributed by atoms with Crippen LogP contribution in [0.2, 0.25) is 10.0 Å². The fourth-order valence-electron chi connectivity index (χ4n) is 1.64. The standard InChI is InChI=1S/C13H11Cl2N3O3/c14-8-2-1-3-9(15)12(8)16-11(19)5-7-18-6-4-10(17-18)13(20)21/h1-4,6H,5,7H2,(H,16,19)(H,20,21). The predicted octanol–water partition coefficient (Wildman–Crippen LogP) is 2.92. The van der Waals surface area contributed by atoms with Crippen LogP contribution in [0, 0.1) is 0 Å². The van der Waals surface area contributed by atoms with Gasteiger partial charge in [0, 0.05) is 19.2 Å². The number of aromatic carboxylic acids is 1. The van der Waals surface area contributed by atoms with Gasteiger partial charge in [0.15, 0.2) is 5.69 Å². The number of carbonyl (C=O) groups is 2. The second-order valence-corrected chi connectivity index (χ2v) is 4.98. The molecular weight excluding hydrogens is 317 g/mol. The van der Waals surface area contributed by atoms with Crippen LogP contribution in [-0.4, -0.2) is 26.8 Å². The Bertz CT molecular complexity index is 665. The van der Waals surface area contributed by atoms with Gasteiger partial charge in [-0.15, -0.1) is 0 Å². The molecule has 21 heavy (non-hydrogen) atoms. The van der Waals surface area contributed by atoms with E-state index < -0.39 is 5.97 Å². The van der Waals surface area contributed by atoms with Crippen molar-refractivity contribution < 1.29 is 14.7 Å². The van der Waals surface area contributed by atoms with Gasteiger partial charge in [0.25, 0.3) is 0 Å². The lowest BCUT2D eigenvalue weighted by atomic mass is 10.3. The first-order valence-electron chi connectivity index (χ1n) is 5.98. The molecule has 1 amide bonds. The maximum atomic E-state index is 11.8. The summed E-state index contributed by atoms with van der Waals surface area (Å²) < 4.78 is 1.39. The molecule has 2 aromatic rings. The number of benzene rings is 1. The first-order chi connectivity index (χ1) is 9.97. The monoisotopic (exact) mass is 327 g/mol. The number of nitrogens with zero attached hydrogens (tertiary/aromatic N) is 2. The average Bonchev–Trinajstić information content (AvgIpc) is 2.90. The van der Waals surface area contributed by atoms with Crippen molar-refractivity contribution in [3.05, 3.63) is 46.2 Å². The van der Waals surface area contributed by atoms with Crippen LogP contribution in [0.1, 0.15) is 16.9 Å². The van der Waals surface area contributed by atoms with Crippen molar-refractivity contribution in [3.63, 3.8) is 0 Å². The van der Waals surface area contributed by atoms with Crippen LogP contribution in [-0.2, 0) is 11.3 Å². The summed E-state index contributed by atoms with van der Waals surface area (Å²) in [5.41, 5.74) is 0.294. The quantitative estimate of drug-likeness (QED) is 0.884. The zero-order valence-electron chi connectivity index (χ0n) is 10.7. The molecule has 0 unspecified atom stereocenters. The molecule has 0 saturated carbocycles. The number of nitrogens with one attached hydrogen (secondary N) is 1. The Kier molecular flexibility index (Phi) is 4.82. The lowest BCUT2D eigenvalue weighted by molar-refractivity contribution is -0.116. The number of anilines is 1. The lowest BCUT2D eigenvalue weighted by Crippen LogP contribution is -2.15. The molecule has 2 rings (SSSR count). The first-order valence-corrected chi connectivity index (χ1v) is 6.73. The molecular formula is C13H11Cl2N3O3. The van der Waals surface area contributed by atoms with Gasteiger partial charge < -0.3 is 10.4 Å². The third-order valence-electron chi connectivity index (χ3n) is 2.65. The van der Waals surface area contributed by atoms with Crippen molar-refractivity contribution in [3.8, 4) is 0 Å². The second kappa shape index (κ2) is 6.60. The molecule has 1 heterocycles. The number of carboxylic acids is 1. The molecule has 1 aromatic heterocycles. The van der Waals surface area contributed by atoms with Gasteiger partial charge in [-0.1, -0.05) is 29.3 Å². The largest absolute Gasteiger partial charge is 0.476 e. The smallest absolute Gasteiger partial charge is 0.356 e. The maximum Gasteiger partial charge on any atom is 0.356 e. The molecule has 0 bridgehead atoms. The number of carbonyl (C=O) groups excluding carboxylic acids is 1. The third-order valence-corrected chi connectivity index (χ3v) is 3.28. The van der Waals surface area contributed by atoms with Gasteiger partial charge in [-0.3, -0.25) is 9.48 Å². The highest BCUT2D eigenvalue weighted by molar-refractivity contribution is 6.39. The number of halogens is 2. The van der Waals surface area contributed by atoms with E-state index in [1.165, 1.54) is 16.9 Å². The Morgan fingerprint density at radius 3 is 2.48 bits per heavy atom. The SMILES string of the molecule is O=C(CCn1ccc(C(=O)O)n1)Nc1c(Cl)cccc1Cl. The minimum Gasteiger partial charge on any atom is -0.476 e. The molecule has 0 aliphatic carbocycles. The highest BCUT2D eigenvalue weighted by atomic mass is 35.5. The van der Waals surface area contributed by atoms with Gasteiger partial charge in [0.1, 0.15) is 0 Å². The number of rotatable bonds is 5. The molecule has 110 valence electrons. The van der Waals surface area contributed by atoms with Crippen LogP contribution in [0.4, 0.5) is 5.69 Å². The van der Waals surface area contributed by atoms with Crippen molar-refractivity contribution in [1.29, 1.82) is 0 Å². The van der Waals surface area contributed by atoms with Crippen LogP contribution in [0.3, 0.4) is 0 Å². The Morgan fingerprint density at radius 1 is 1.24 bits per heavy atom. The van der Waals surface area contributed by atoms with E-state index in [9.17, 15) is 9.59 Å². The van der Waals surface area contributed by atoms with Gasteiger partial charge in [0.2, 0.25) is 5.91 Å². The zero-order valence-corrected chi connectivity index (χ0v) is 12.2. The number of para-hydroxylation sites is 1. The maximum absolute atomic E-state index is 11.8. The molecule has 2 N–H and O–H groups in total. The highest BCUT2D eigenvalue weighted by Crippen LogP contribution is 2.29. The van der Waals surface area contributed by atoms with Crippen molar-refractivity contribution in [1.82, 2.24) is 9.78 Å². The van der Waals surface area contributed by atoms with E-state index in [1.54, 1.807) is 18.2 Å². The number of aromatic nitrogens is 2. The molecule has 0 aliphatic rings. The predicted molar refractivity (Wildman–Crippen MR) is 78.9 cm³/mol. The van der Waals surface area contributed by atoms with Gasteiger partial charge >= 0.3 is 5.97 Å². The normalized spacial score (nSPS) is 10.4. The van der Waals surface area contributed by atoms with E-state index in [0.29, 0.717) is 15.7 Å². The molecule has 1 aromatic carbocycles. The molecule has 0 spiro atoms. The number of hydrogen-bond acceptors (Lipinski definition) is 3. The summed E-state index contributed by atoms with van der Waals surface area (Å²) in [5.74, 6) is -1.40. The van der Waals surface area contributed by atoms with Gasteiger partial charge in [-0.2, -0.15) is 5.10 Å². The molecule has 0 saturated heterocycles. The fourth-order valence-corrected chi connectivity index (χ4v) is 2.13. The third kappa shape index (κ3) is 3.96. The molecule has 0 fully saturated rings. The zero-order chi connectivity index (χ0) is 15.4. The Labute approximate surface area is 130 Å². The average molecular weight is 328 g/mol. The van der Waals surface area contributed by atoms with Crippen LogP contribution >= 0.6 is 23.2 Å². The molecule has 0 radical (unpaired) electrons. The molecule has 8 heteroatoms. The Morgan fingerprint density at radius 2 is 1.90 bits per heavy atom. The Hall–Kier alpha value is -2.05. The number of amides is 1. The first kappa shape index (κ1) is 15.3. The van der Waals surface area contributed by atoms with E-state index in [2.05, 4.69) is 10.4 Å². The van der Waals surface area contributed by atoms with Crippen molar-refractivity contribution in [2.45, 2.75) is 13.0 Å². The van der Waals surface area contributed by atoms with E-state index in [1.807, 2.05) is 0 Å². The minimum absolute atomic E-state index is 0.0652. The van der Waals surface area contributed by atoms with Crippen LogP contribution in [0.25, 0.3) is 0 Å². The van der Waals surface area contributed by atoms with Crippen molar-refractivity contribution in [2.24, 2.45) is 0 Å². The topological polar surface area (TPSA) is 84.2 Å². The summed E-state index contributed by atoms with van der Waals surface area (Å²) in [6.45, 7) is 0.251. The van der Waals surface area contributed by atoms with E-state index >= 15 is 0 Å². The fraction of sp³-hybridized carbons (Fsp3) is 0.154. The highest BCUT2D eigenvalue weighted by Gasteiger charge is 2.11. The number of carboxylic acid groups (broad SMARTS) is 1. The van der Waals surface area contributed by atoms with Crippen molar-refractivity contribution >= 4 is 40.8 Å². The molecule has 0 atom stereocenters. The number of hydrogen-bond donors (Lipinski definition) is 2. The number of aryl methyl sites for hydroxylation is 1. The summed E-state index contributed by atoms with van der Waals surface area (Å²) in [5, 5.41) is 15.9. The van der Waals surface area contributed by atoms with E-state index in [0.717, 1.165) is 0 Å². The van der Waals surface area contributed by atoms with Crippen molar-refractivity contribution in [2.75, 3.05) is 5.32 Å². The lowest BCUT2D eigenvalue weighted by Gasteiger charge is -2.09. The Balaban J connectivity index is 1.94. The summed E-state index contributed by atoms with van der Waals surface area (Å²) in [6, 6.07) is 6.29. The van der Waals surface area contributed by atoms with Gasteiger partial charge in [-0.25, -0.2) is 4.79 Å². The molecule has 0 aliphatic heterocycles. The summed E-state index contributed by atoms with van der Waals surface area (Å²) >= 11 is 11.9. The van der Waals surface area contributed by atoms with Gasteiger partial charge in [0.05, 0.1) is 15.7 Å². The summed E-state index contributed by atoms with van der Waals surface area (Å²) in [7, 11) is 0. The van der Waals surface area contributed by atoms with Gasteiger partial charge in [-0.05, 0) is 18.2 Å². The summed E-state index contributed by atoms with van der Waals surface area (Å²) in [6.07, 6.45) is 1.61. The summed E-state index contributed by atoms with van der Waals surface area (Å²) in [4.78, 5) is 22.5. The van der Waals surface area contributed by atoms with Crippen LogP contribution in [0.5, 0.6) is 0 Å².